The molecule has 0 spiro atoms. The Morgan fingerprint density at radius 3 is 2.48 bits per heavy atom. The molecule has 0 unspecified atom stereocenters. The highest BCUT2D eigenvalue weighted by atomic mass is 16.5. The van der Waals surface area contributed by atoms with Crippen molar-refractivity contribution in [3.05, 3.63) is 125 Å². The number of amides is 1. The summed E-state index contributed by atoms with van der Waals surface area (Å²) in [5, 5.41) is 21.5. The minimum Gasteiger partial charge on any atom is -0.507 e. The molecule has 3 aromatic carbocycles. The highest BCUT2D eigenvalue weighted by Gasteiger charge is 2.46. The number of hydrogen-bond donors (Lipinski definition) is 2. The van der Waals surface area contributed by atoms with Gasteiger partial charge in [0.2, 0.25) is 0 Å². The molecule has 1 amide bonds. The van der Waals surface area contributed by atoms with Crippen LogP contribution in [0.3, 0.4) is 0 Å². The number of rotatable bonds is 8. The number of benzene rings is 3. The van der Waals surface area contributed by atoms with Crippen molar-refractivity contribution >= 4 is 17.4 Å². The number of phenolic OH excluding ortho intramolecular Hbond substituents is 1. The number of carbonyl (C=O) groups excluding carboxylic acids is 2. The van der Waals surface area contributed by atoms with Crippen molar-refractivity contribution in [2.24, 2.45) is 0 Å². The number of aromatic hydroxyl groups is 1. The van der Waals surface area contributed by atoms with E-state index in [1.165, 1.54) is 18.1 Å². The zero-order valence-electron chi connectivity index (χ0n) is 22.1. The lowest BCUT2D eigenvalue weighted by molar-refractivity contribution is -0.140. The number of pyridine rings is 1. The zero-order valence-corrected chi connectivity index (χ0v) is 22.1. The van der Waals surface area contributed by atoms with E-state index in [2.05, 4.69) is 4.98 Å². The molecule has 1 saturated heterocycles. The first-order chi connectivity index (χ1) is 19.4. The molecule has 40 heavy (non-hydrogen) atoms. The molecule has 4 aromatic rings. The van der Waals surface area contributed by atoms with Crippen LogP contribution in [0.15, 0.2) is 96.8 Å². The molecule has 0 aliphatic carbocycles. The number of likely N-dealkylation sites (tertiary alicyclic amines) is 1. The van der Waals surface area contributed by atoms with Crippen LogP contribution >= 0.6 is 0 Å². The van der Waals surface area contributed by atoms with E-state index in [1.807, 2.05) is 31.2 Å². The molecular formula is C32H28N2O6. The van der Waals surface area contributed by atoms with Gasteiger partial charge in [0, 0.05) is 24.5 Å². The number of aliphatic hydroxyl groups excluding tert-OH is 1. The van der Waals surface area contributed by atoms with Crippen molar-refractivity contribution in [2.75, 3.05) is 7.11 Å². The fourth-order valence-corrected chi connectivity index (χ4v) is 4.74. The lowest BCUT2D eigenvalue weighted by Gasteiger charge is -2.25. The number of aromatic nitrogens is 1. The molecule has 1 atom stereocenters. The van der Waals surface area contributed by atoms with E-state index in [4.69, 9.17) is 9.47 Å². The summed E-state index contributed by atoms with van der Waals surface area (Å²) in [6.45, 7) is 2.50. The van der Waals surface area contributed by atoms with Crippen LogP contribution in [0, 0.1) is 6.92 Å². The summed E-state index contributed by atoms with van der Waals surface area (Å²) in [6.07, 6.45) is 3.23. The molecule has 2 N–H and O–H groups in total. The maximum absolute atomic E-state index is 13.4. The molecule has 1 aromatic heterocycles. The predicted molar refractivity (Wildman–Crippen MR) is 149 cm³/mol. The third kappa shape index (κ3) is 5.24. The van der Waals surface area contributed by atoms with E-state index >= 15 is 0 Å². The Morgan fingerprint density at radius 2 is 1.77 bits per heavy atom. The SMILES string of the molecule is COc1cc([C@H]2/C(=C(\O)c3ccc(OCc4ccccc4C)cc3)C(=O)C(=O)N2Cc2cccnc2)ccc1O. The first-order valence-corrected chi connectivity index (χ1v) is 12.7. The quantitative estimate of drug-likeness (QED) is 0.179. The van der Waals surface area contributed by atoms with E-state index in [9.17, 15) is 19.8 Å². The normalized spacial score (nSPS) is 16.2. The van der Waals surface area contributed by atoms with E-state index in [1.54, 1.807) is 60.9 Å². The largest absolute Gasteiger partial charge is 0.507 e. The number of ketones is 1. The fraction of sp³-hybridized carbons (Fsp3) is 0.156. The number of hydrogen-bond acceptors (Lipinski definition) is 7. The number of aliphatic hydroxyl groups is 1. The van der Waals surface area contributed by atoms with Gasteiger partial charge in [0.05, 0.1) is 18.7 Å². The Balaban J connectivity index is 1.51. The van der Waals surface area contributed by atoms with E-state index < -0.39 is 17.7 Å². The summed E-state index contributed by atoms with van der Waals surface area (Å²) < 4.78 is 11.2. The van der Waals surface area contributed by atoms with Gasteiger partial charge in [-0.25, -0.2) is 0 Å². The van der Waals surface area contributed by atoms with Crippen LogP contribution in [0.5, 0.6) is 17.2 Å². The van der Waals surface area contributed by atoms with Crippen LogP contribution in [0.1, 0.15) is 33.9 Å². The second-order valence-corrected chi connectivity index (χ2v) is 9.46. The van der Waals surface area contributed by atoms with Crippen LogP contribution < -0.4 is 9.47 Å². The molecule has 0 bridgehead atoms. The van der Waals surface area contributed by atoms with Gasteiger partial charge < -0.3 is 24.6 Å². The van der Waals surface area contributed by atoms with Crippen molar-refractivity contribution in [3.63, 3.8) is 0 Å². The molecule has 1 fully saturated rings. The minimum atomic E-state index is -0.924. The van der Waals surface area contributed by atoms with Gasteiger partial charge in [0.25, 0.3) is 11.7 Å². The van der Waals surface area contributed by atoms with E-state index in [-0.39, 0.29) is 29.4 Å². The number of phenols is 1. The Hall–Kier alpha value is -5.11. The Labute approximate surface area is 231 Å². The van der Waals surface area contributed by atoms with E-state index in [0.717, 1.165) is 16.7 Å². The lowest BCUT2D eigenvalue weighted by atomic mass is 9.95. The van der Waals surface area contributed by atoms with Gasteiger partial charge in [-0.1, -0.05) is 36.4 Å². The number of methoxy groups -OCH3 is 1. The highest BCUT2D eigenvalue weighted by Crippen LogP contribution is 2.42. The summed E-state index contributed by atoms with van der Waals surface area (Å²) >= 11 is 0. The summed E-state index contributed by atoms with van der Waals surface area (Å²) in [5.41, 5.74) is 3.70. The summed E-state index contributed by atoms with van der Waals surface area (Å²) in [6, 6.07) is 21.8. The van der Waals surface area contributed by atoms with Crippen LogP contribution in [0.2, 0.25) is 0 Å². The highest BCUT2D eigenvalue weighted by molar-refractivity contribution is 6.46. The van der Waals surface area contributed by atoms with Gasteiger partial charge in [0.15, 0.2) is 11.5 Å². The third-order valence-corrected chi connectivity index (χ3v) is 6.92. The van der Waals surface area contributed by atoms with Crippen LogP contribution in [-0.4, -0.2) is 38.9 Å². The Kier molecular flexibility index (Phi) is 7.50. The maximum Gasteiger partial charge on any atom is 0.295 e. The summed E-state index contributed by atoms with van der Waals surface area (Å²) in [4.78, 5) is 32.1. The summed E-state index contributed by atoms with van der Waals surface area (Å²) in [7, 11) is 1.41. The van der Waals surface area contributed by atoms with Crippen molar-refractivity contribution in [3.8, 4) is 17.2 Å². The molecule has 8 nitrogen and oxygen atoms in total. The molecular weight excluding hydrogens is 508 g/mol. The molecule has 2 heterocycles. The first-order valence-electron chi connectivity index (χ1n) is 12.7. The topological polar surface area (TPSA) is 109 Å². The van der Waals surface area contributed by atoms with Gasteiger partial charge in [-0.05, 0) is 71.6 Å². The number of ether oxygens (including phenoxy) is 2. The van der Waals surface area contributed by atoms with Crippen molar-refractivity contribution < 1.29 is 29.3 Å². The molecule has 0 radical (unpaired) electrons. The second-order valence-electron chi connectivity index (χ2n) is 9.46. The number of nitrogens with zero attached hydrogens (tertiary/aromatic N) is 2. The van der Waals surface area contributed by atoms with Gasteiger partial charge in [-0.2, -0.15) is 0 Å². The Morgan fingerprint density at radius 1 is 1.00 bits per heavy atom. The van der Waals surface area contributed by atoms with E-state index in [0.29, 0.717) is 23.5 Å². The number of aryl methyl sites for hydroxylation is 1. The van der Waals surface area contributed by atoms with Crippen molar-refractivity contribution in [1.82, 2.24) is 9.88 Å². The zero-order chi connectivity index (χ0) is 28.2. The standard InChI is InChI=1S/C32H28N2O6/c1-20-6-3-4-8-24(20)19-40-25-12-9-22(10-13-25)30(36)28-29(23-11-14-26(35)27(16-23)39-2)34(32(38)31(28)37)18-21-7-5-15-33-17-21/h3-17,29,35-36H,18-19H2,1-2H3/b30-28+/t29-/m0/s1. The fourth-order valence-electron chi connectivity index (χ4n) is 4.74. The molecule has 202 valence electrons. The van der Waals surface area contributed by atoms with Gasteiger partial charge in [-0.3, -0.25) is 14.6 Å². The van der Waals surface area contributed by atoms with Crippen LogP contribution in [-0.2, 0) is 22.7 Å². The summed E-state index contributed by atoms with van der Waals surface area (Å²) in [5.74, 6) is -1.18. The smallest absolute Gasteiger partial charge is 0.295 e. The molecule has 5 rings (SSSR count). The molecule has 1 aliphatic heterocycles. The Bertz CT molecular complexity index is 1580. The average Bonchev–Trinajstić information content (AvgIpc) is 3.22. The molecule has 0 saturated carbocycles. The number of Topliss-reactive ketones (excluding diaryl/α,β-unsaturated/α-hetero) is 1. The second kappa shape index (κ2) is 11.3. The average molecular weight is 537 g/mol. The molecule has 1 aliphatic rings. The minimum absolute atomic E-state index is 0.0600. The third-order valence-electron chi connectivity index (χ3n) is 6.92. The van der Waals surface area contributed by atoms with Crippen molar-refractivity contribution in [1.29, 1.82) is 0 Å². The van der Waals surface area contributed by atoms with Crippen LogP contribution in [0.4, 0.5) is 0 Å². The maximum atomic E-state index is 13.4. The first kappa shape index (κ1) is 26.5. The van der Waals surface area contributed by atoms with Gasteiger partial charge in [0.1, 0.15) is 18.1 Å². The van der Waals surface area contributed by atoms with Crippen molar-refractivity contribution in [2.45, 2.75) is 26.1 Å². The van der Waals surface area contributed by atoms with Gasteiger partial charge in [-0.15, -0.1) is 0 Å². The molecule has 8 heteroatoms. The van der Waals surface area contributed by atoms with Gasteiger partial charge >= 0.3 is 0 Å². The lowest BCUT2D eigenvalue weighted by Crippen LogP contribution is -2.29. The monoisotopic (exact) mass is 536 g/mol. The number of carbonyl (C=O) groups is 2. The predicted octanol–water partition coefficient (Wildman–Crippen LogP) is 5.31. The van der Waals surface area contributed by atoms with Crippen LogP contribution in [0.25, 0.3) is 5.76 Å².